The quantitative estimate of drug-likeness (QED) is 0.746. The van der Waals surface area contributed by atoms with Crippen molar-refractivity contribution in [1.82, 2.24) is 14.8 Å². The fourth-order valence-electron chi connectivity index (χ4n) is 2.00. The van der Waals surface area contributed by atoms with Crippen LogP contribution in [0.1, 0.15) is 15.9 Å². The average Bonchev–Trinajstić information content (AvgIpc) is 3.03. The minimum Gasteiger partial charge on any atom is -0.478 e. The van der Waals surface area contributed by atoms with Crippen LogP contribution in [0, 0.1) is 6.92 Å². The Morgan fingerprint density at radius 1 is 1.48 bits per heavy atom. The van der Waals surface area contributed by atoms with Crippen molar-refractivity contribution in [1.29, 1.82) is 0 Å². The van der Waals surface area contributed by atoms with Gasteiger partial charge < -0.3 is 14.8 Å². The van der Waals surface area contributed by atoms with E-state index in [1.54, 1.807) is 12.3 Å². The normalized spacial score (nSPS) is 10.9. The molecule has 0 bridgehead atoms. The highest BCUT2D eigenvalue weighted by molar-refractivity contribution is 5.92. The number of fused-ring (bicyclic) bond motifs is 1. The van der Waals surface area contributed by atoms with Gasteiger partial charge in [-0.2, -0.15) is 10.1 Å². The minimum atomic E-state index is -0.989. The molecule has 0 aliphatic rings. The first-order valence-corrected chi connectivity index (χ1v) is 6.48. The van der Waals surface area contributed by atoms with E-state index in [2.05, 4.69) is 15.4 Å². The third-order valence-electron chi connectivity index (χ3n) is 3.01. The largest absolute Gasteiger partial charge is 0.478 e. The molecule has 21 heavy (non-hydrogen) atoms. The number of hydrogen-bond acceptors (Lipinski definition) is 5. The van der Waals surface area contributed by atoms with Gasteiger partial charge in [-0.05, 0) is 30.7 Å². The molecule has 0 fully saturated rings. The fourth-order valence-corrected chi connectivity index (χ4v) is 2.00. The van der Waals surface area contributed by atoms with E-state index in [-0.39, 0.29) is 5.56 Å². The number of carboxylic acid groups (broad SMARTS) is 1. The summed E-state index contributed by atoms with van der Waals surface area (Å²) in [5.41, 5.74) is 2.36. The average molecular weight is 286 g/mol. The maximum absolute atomic E-state index is 10.9. The molecular weight excluding hydrogens is 272 g/mol. The number of nitrogens with zero attached hydrogens (tertiary/aromatic N) is 3. The van der Waals surface area contributed by atoms with E-state index in [0.717, 1.165) is 5.56 Å². The van der Waals surface area contributed by atoms with Gasteiger partial charge in [-0.25, -0.2) is 4.79 Å². The van der Waals surface area contributed by atoms with Crippen LogP contribution in [-0.2, 0) is 6.54 Å². The van der Waals surface area contributed by atoms with Gasteiger partial charge in [0.05, 0.1) is 18.3 Å². The SMILES string of the molecule is Cc1cnn(CCNc2nc3ccc(C(=O)O)cc3o2)c1. The Labute approximate surface area is 120 Å². The molecule has 108 valence electrons. The van der Waals surface area contributed by atoms with Crippen LogP contribution in [0.5, 0.6) is 0 Å². The van der Waals surface area contributed by atoms with Crippen LogP contribution < -0.4 is 5.32 Å². The lowest BCUT2D eigenvalue weighted by Gasteiger charge is -2.01. The zero-order valence-corrected chi connectivity index (χ0v) is 11.4. The zero-order valence-electron chi connectivity index (χ0n) is 11.4. The standard InChI is InChI=1S/C14H14N4O3/c1-9-7-16-18(8-9)5-4-15-14-17-11-3-2-10(13(19)20)6-12(11)21-14/h2-3,6-8H,4-5H2,1H3,(H,15,17)(H,19,20). The summed E-state index contributed by atoms with van der Waals surface area (Å²) in [6, 6.07) is 4.97. The Morgan fingerprint density at radius 3 is 3.05 bits per heavy atom. The number of anilines is 1. The fraction of sp³-hybridized carbons (Fsp3) is 0.214. The Hall–Kier alpha value is -2.83. The van der Waals surface area contributed by atoms with E-state index in [0.29, 0.717) is 30.2 Å². The molecule has 2 aromatic heterocycles. The molecule has 0 amide bonds. The van der Waals surface area contributed by atoms with Crippen molar-refractivity contribution in [2.24, 2.45) is 0 Å². The summed E-state index contributed by atoms with van der Waals surface area (Å²) >= 11 is 0. The number of hydrogen-bond donors (Lipinski definition) is 2. The molecule has 0 atom stereocenters. The van der Waals surface area contributed by atoms with Gasteiger partial charge in [0, 0.05) is 12.7 Å². The predicted octanol–water partition coefficient (Wildman–Crippen LogP) is 2.14. The third-order valence-corrected chi connectivity index (χ3v) is 3.01. The lowest BCUT2D eigenvalue weighted by Crippen LogP contribution is -2.10. The monoisotopic (exact) mass is 286 g/mol. The maximum Gasteiger partial charge on any atom is 0.335 e. The number of oxazole rings is 1. The molecule has 3 rings (SSSR count). The highest BCUT2D eigenvalue weighted by Crippen LogP contribution is 2.20. The summed E-state index contributed by atoms with van der Waals surface area (Å²) < 4.78 is 7.31. The van der Waals surface area contributed by atoms with E-state index >= 15 is 0 Å². The van der Waals surface area contributed by atoms with Crippen molar-refractivity contribution < 1.29 is 14.3 Å². The molecule has 7 nitrogen and oxygen atoms in total. The Morgan fingerprint density at radius 2 is 2.33 bits per heavy atom. The van der Waals surface area contributed by atoms with Crippen LogP contribution in [-0.4, -0.2) is 32.4 Å². The number of nitrogens with one attached hydrogen (secondary N) is 1. The maximum atomic E-state index is 10.9. The van der Waals surface area contributed by atoms with Crippen molar-refractivity contribution in [3.8, 4) is 0 Å². The smallest absolute Gasteiger partial charge is 0.335 e. The summed E-state index contributed by atoms with van der Waals surface area (Å²) in [5.74, 6) is -0.989. The number of benzene rings is 1. The van der Waals surface area contributed by atoms with E-state index in [4.69, 9.17) is 9.52 Å². The molecule has 1 aromatic carbocycles. The highest BCUT2D eigenvalue weighted by Gasteiger charge is 2.09. The van der Waals surface area contributed by atoms with Gasteiger partial charge in [0.15, 0.2) is 5.58 Å². The summed E-state index contributed by atoms with van der Waals surface area (Å²) in [4.78, 5) is 15.1. The number of aromatic carboxylic acids is 1. The van der Waals surface area contributed by atoms with Crippen molar-refractivity contribution >= 4 is 23.1 Å². The Kier molecular flexibility index (Phi) is 3.31. The van der Waals surface area contributed by atoms with E-state index in [1.165, 1.54) is 12.1 Å². The summed E-state index contributed by atoms with van der Waals surface area (Å²) in [6.45, 7) is 3.28. The summed E-state index contributed by atoms with van der Waals surface area (Å²) in [5, 5.41) is 16.2. The van der Waals surface area contributed by atoms with Crippen LogP contribution in [0.3, 0.4) is 0 Å². The highest BCUT2D eigenvalue weighted by atomic mass is 16.4. The van der Waals surface area contributed by atoms with Gasteiger partial charge in [0.2, 0.25) is 0 Å². The van der Waals surface area contributed by atoms with Crippen molar-refractivity contribution in [3.05, 3.63) is 41.7 Å². The number of aromatic nitrogens is 3. The first-order valence-electron chi connectivity index (χ1n) is 6.48. The molecule has 0 saturated heterocycles. The van der Waals surface area contributed by atoms with E-state index < -0.39 is 5.97 Å². The molecule has 0 aliphatic heterocycles. The van der Waals surface area contributed by atoms with Gasteiger partial charge in [-0.15, -0.1) is 0 Å². The Balaban J connectivity index is 1.68. The van der Waals surface area contributed by atoms with E-state index in [1.807, 2.05) is 17.8 Å². The van der Waals surface area contributed by atoms with Crippen LogP contribution in [0.2, 0.25) is 0 Å². The van der Waals surface area contributed by atoms with Crippen molar-refractivity contribution in [2.45, 2.75) is 13.5 Å². The molecule has 0 aliphatic carbocycles. The molecular formula is C14H14N4O3. The number of carboxylic acids is 1. The summed E-state index contributed by atoms with van der Waals surface area (Å²) in [7, 11) is 0. The van der Waals surface area contributed by atoms with Gasteiger partial charge in [0.1, 0.15) is 5.52 Å². The second kappa shape index (κ2) is 5.28. The van der Waals surface area contributed by atoms with Crippen LogP contribution in [0.15, 0.2) is 35.0 Å². The Bertz CT molecular complexity index is 790. The van der Waals surface area contributed by atoms with Crippen LogP contribution in [0.4, 0.5) is 6.01 Å². The number of rotatable bonds is 5. The lowest BCUT2D eigenvalue weighted by atomic mass is 10.2. The lowest BCUT2D eigenvalue weighted by molar-refractivity contribution is 0.0697. The minimum absolute atomic E-state index is 0.178. The third kappa shape index (κ3) is 2.86. The van der Waals surface area contributed by atoms with Crippen molar-refractivity contribution in [2.75, 3.05) is 11.9 Å². The zero-order chi connectivity index (χ0) is 14.8. The first kappa shape index (κ1) is 13.2. The predicted molar refractivity (Wildman–Crippen MR) is 76.4 cm³/mol. The van der Waals surface area contributed by atoms with Crippen molar-refractivity contribution in [3.63, 3.8) is 0 Å². The first-order chi connectivity index (χ1) is 10.1. The molecule has 2 N–H and O–H groups in total. The summed E-state index contributed by atoms with van der Waals surface area (Å²) in [6.07, 6.45) is 3.75. The second-order valence-electron chi connectivity index (χ2n) is 4.71. The van der Waals surface area contributed by atoms with E-state index in [9.17, 15) is 4.79 Å². The number of aryl methyl sites for hydroxylation is 1. The van der Waals surface area contributed by atoms with Gasteiger partial charge in [-0.1, -0.05) is 0 Å². The van der Waals surface area contributed by atoms with Crippen LogP contribution >= 0.6 is 0 Å². The van der Waals surface area contributed by atoms with Crippen LogP contribution in [0.25, 0.3) is 11.1 Å². The van der Waals surface area contributed by atoms with Gasteiger partial charge in [0.25, 0.3) is 6.01 Å². The van der Waals surface area contributed by atoms with Gasteiger partial charge in [-0.3, -0.25) is 4.68 Å². The molecule has 3 aromatic rings. The molecule has 2 heterocycles. The molecule has 0 saturated carbocycles. The van der Waals surface area contributed by atoms with Gasteiger partial charge >= 0.3 is 5.97 Å². The second-order valence-corrected chi connectivity index (χ2v) is 4.71. The molecule has 0 radical (unpaired) electrons. The topological polar surface area (TPSA) is 93.2 Å². The number of carbonyl (C=O) groups is 1. The molecule has 0 spiro atoms. The molecule has 0 unspecified atom stereocenters. The molecule has 7 heteroatoms.